The van der Waals surface area contributed by atoms with Crippen molar-refractivity contribution < 1.29 is 13.5 Å². The maximum absolute atomic E-state index is 12.8. The van der Waals surface area contributed by atoms with E-state index in [4.69, 9.17) is 4.98 Å². The number of aliphatic hydroxyl groups is 1. The maximum atomic E-state index is 12.8. The van der Waals surface area contributed by atoms with Crippen molar-refractivity contribution in [3.63, 3.8) is 0 Å². The fraction of sp³-hybridized carbons (Fsp3) is 0.786. The highest BCUT2D eigenvalue weighted by atomic mass is 32.2. The molecular weight excluding hydrogens is 318 g/mol. The molecule has 6 nitrogen and oxygen atoms in total. The van der Waals surface area contributed by atoms with Crippen molar-refractivity contribution in [2.45, 2.75) is 58.7 Å². The van der Waals surface area contributed by atoms with E-state index >= 15 is 0 Å². The van der Waals surface area contributed by atoms with Crippen molar-refractivity contribution in [3.05, 3.63) is 11.5 Å². The van der Waals surface area contributed by atoms with Crippen molar-refractivity contribution in [3.8, 4) is 0 Å². The number of nitrogens with zero attached hydrogens (tertiary/aromatic N) is 3. The molecule has 0 aliphatic rings. The van der Waals surface area contributed by atoms with E-state index in [9.17, 15) is 13.5 Å². The molecule has 0 radical (unpaired) electrons. The second-order valence-corrected chi connectivity index (χ2v) is 12.1. The van der Waals surface area contributed by atoms with Gasteiger partial charge >= 0.3 is 10.2 Å². The summed E-state index contributed by atoms with van der Waals surface area (Å²) in [5.41, 5.74) is 0.230. The lowest BCUT2D eigenvalue weighted by Gasteiger charge is -2.23. The number of aliphatic hydroxyl groups excluding tert-OH is 1. The Balaban J connectivity index is 3.82. The van der Waals surface area contributed by atoms with Gasteiger partial charge in [0.25, 0.3) is 0 Å². The van der Waals surface area contributed by atoms with Crippen LogP contribution in [-0.2, 0) is 22.0 Å². The molecule has 0 aliphatic heterocycles. The highest BCUT2D eigenvalue weighted by molar-refractivity contribution is 7.87. The number of aromatic nitrogens is 2. The highest BCUT2D eigenvalue weighted by Crippen LogP contribution is 2.25. The predicted octanol–water partition coefficient (Wildman–Crippen LogP) is 0.452. The molecule has 1 heterocycles. The number of rotatable bonds is 5. The van der Waals surface area contributed by atoms with Crippen molar-refractivity contribution in [2.24, 2.45) is 0 Å². The van der Waals surface area contributed by atoms with E-state index < -0.39 is 30.5 Å². The van der Waals surface area contributed by atoms with E-state index in [0.29, 0.717) is 11.5 Å². The van der Waals surface area contributed by atoms with Gasteiger partial charge in [-0.25, -0.2) is 8.96 Å². The Hall–Kier alpha value is -0.703. The lowest BCUT2D eigenvalue weighted by Crippen LogP contribution is -2.36. The molecule has 1 aromatic rings. The second kappa shape index (κ2) is 6.43. The zero-order valence-corrected chi connectivity index (χ0v) is 16.8. The van der Waals surface area contributed by atoms with Crippen LogP contribution in [0.2, 0.25) is 13.1 Å². The molecular formula is C14H29N3O3SSi. The monoisotopic (exact) mass is 347 g/mol. The number of imidazole rings is 1. The van der Waals surface area contributed by atoms with Crippen LogP contribution in [0.4, 0.5) is 0 Å². The molecule has 0 bridgehead atoms. The summed E-state index contributed by atoms with van der Waals surface area (Å²) in [6.45, 7) is 11.8. The molecule has 0 saturated heterocycles. The van der Waals surface area contributed by atoms with Crippen molar-refractivity contribution in [2.75, 3.05) is 14.1 Å². The van der Waals surface area contributed by atoms with Crippen LogP contribution in [0.1, 0.15) is 39.2 Å². The minimum atomic E-state index is -3.68. The average Bonchev–Trinajstić information content (AvgIpc) is 2.67. The predicted molar refractivity (Wildman–Crippen MR) is 92.8 cm³/mol. The molecule has 0 amide bonds. The molecule has 1 atom stereocenters. The first-order chi connectivity index (χ1) is 9.80. The molecule has 8 heteroatoms. The molecule has 128 valence electrons. The molecule has 0 aliphatic carbocycles. The molecule has 1 N–H and O–H groups in total. The van der Waals surface area contributed by atoms with Gasteiger partial charge in [-0.15, -0.1) is 0 Å². The summed E-state index contributed by atoms with van der Waals surface area (Å²) in [5, 5.41) is 10.7. The van der Waals surface area contributed by atoms with Crippen molar-refractivity contribution in [1.29, 1.82) is 0 Å². The fourth-order valence-corrected chi connectivity index (χ4v) is 4.96. The first-order valence-electron chi connectivity index (χ1n) is 7.53. The van der Waals surface area contributed by atoms with Gasteiger partial charge < -0.3 is 5.11 Å². The van der Waals surface area contributed by atoms with Gasteiger partial charge in [0.05, 0.1) is 20.6 Å². The van der Waals surface area contributed by atoms with Crippen LogP contribution in [0.3, 0.4) is 0 Å². The molecule has 0 spiro atoms. The molecule has 0 fully saturated rings. The first-order valence-corrected chi connectivity index (χ1v) is 11.8. The number of hydrogen-bond donors (Lipinski definition) is 1. The van der Waals surface area contributed by atoms with Crippen LogP contribution in [0, 0.1) is 0 Å². The molecule has 1 rings (SSSR count). The van der Waals surface area contributed by atoms with Crippen LogP contribution in [0.15, 0.2) is 0 Å². The highest BCUT2D eigenvalue weighted by Gasteiger charge is 2.34. The Labute approximate surface area is 136 Å². The van der Waals surface area contributed by atoms with Gasteiger partial charge in [-0.3, -0.25) is 0 Å². The summed E-state index contributed by atoms with van der Waals surface area (Å²) < 4.78 is 28.2. The van der Waals surface area contributed by atoms with Gasteiger partial charge in [-0.1, -0.05) is 33.9 Å². The Kier molecular flexibility index (Phi) is 5.65. The van der Waals surface area contributed by atoms with E-state index in [-0.39, 0.29) is 6.42 Å². The molecule has 0 saturated carbocycles. The zero-order chi connectivity index (χ0) is 17.5. The Bertz CT molecular complexity index is 628. The smallest absolute Gasteiger partial charge is 0.308 e. The molecule has 1 unspecified atom stereocenters. The van der Waals surface area contributed by atoms with Gasteiger partial charge in [0.1, 0.15) is 5.82 Å². The van der Waals surface area contributed by atoms with E-state index in [1.165, 1.54) is 22.4 Å². The summed E-state index contributed by atoms with van der Waals surface area (Å²) in [6.07, 6.45) is -0.330. The minimum Gasteiger partial charge on any atom is -0.393 e. The van der Waals surface area contributed by atoms with Crippen LogP contribution in [-0.4, -0.2) is 55.8 Å². The average molecular weight is 348 g/mol. The third-order valence-electron chi connectivity index (χ3n) is 3.36. The van der Waals surface area contributed by atoms with Gasteiger partial charge in [-0.05, 0) is 6.92 Å². The quantitative estimate of drug-likeness (QED) is 0.785. The molecule has 0 aromatic carbocycles. The van der Waals surface area contributed by atoms with Crippen LogP contribution in [0.25, 0.3) is 0 Å². The Morgan fingerprint density at radius 3 is 2.14 bits per heavy atom. The second-order valence-electron chi connectivity index (χ2n) is 7.28. The normalized spacial score (nSPS) is 14.9. The summed E-state index contributed by atoms with van der Waals surface area (Å²) in [4.78, 5) is 4.69. The van der Waals surface area contributed by atoms with Gasteiger partial charge in [-0.2, -0.15) is 12.7 Å². The third-order valence-corrected chi connectivity index (χ3v) is 6.69. The summed E-state index contributed by atoms with van der Waals surface area (Å²) in [6, 6.07) is 0. The van der Waals surface area contributed by atoms with Gasteiger partial charge in [0.15, 0.2) is 0 Å². The molecule has 22 heavy (non-hydrogen) atoms. The van der Waals surface area contributed by atoms with E-state index in [0.717, 1.165) is 5.32 Å². The third kappa shape index (κ3) is 3.79. The van der Waals surface area contributed by atoms with E-state index in [2.05, 4.69) is 13.1 Å². The minimum absolute atomic E-state index is 0.288. The fourth-order valence-electron chi connectivity index (χ4n) is 2.27. The Morgan fingerprint density at radius 1 is 1.32 bits per heavy atom. The van der Waals surface area contributed by atoms with Crippen molar-refractivity contribution >= 4 is 24.3 Å². The van der Waals surface area contributed by atoms with Crippen molar-refractivity contribution in [1.82, 2.24) is 13.3 Å². The Morgan fingerprint density at radius 2 is 1.82 bits per heavy atom. The van der Waals surface area contributed by atoms with Crippen LogP contribution < -0.4 is 5.32 Å². The maximum Gasteiger partial charge on any atom is 0.308 e. The zero-order valence-electron chi connectivity index (χ0n) is 14.9. The standard InChI is InChI=1S/C14H29N3O3SSi/c1-10(18)9-11-12(22(7)8)15-13(14(2,3)4)17(11)21(19,20)16(5)6/h10,18,22H,9H2,1-8H3. The SMILES string of the molecule is CC(O)Cc1c([SiH](C)C)nc(C(C)(C)C)n1S(=O)(=O)N(C)C. The largest absolute Gasteiger partial charge is 0.393 e. The van der Waals surface area contributed by atoms with E-state index in [1.54, 1.807) is 6.92 Å². The number of hydrogen-bond acceptors (Lipinski definition) is 4. The summed E-state index contributed by atoms with van der Waals surface area (Å²) in [7, 11) is -1.99. The van der Waals surface area contributed by atoms with Crippen LogP contribution in [0.5, 0.6) is 0 Å². The lowest BCUT2D eigenvalue weighted by molar-refractivity contribution is 0.194. The topological polar surface area (TPSA) is 75.4 Å². The van der Waals surface area contributed by atoms with Gasteiger partial charge in [0, 0.05) is 31.2 Å². The molecule has 1 aromatic heterocycles. The summed E-state index contributed by atoms with van der Waals surface area (Å²) in [5.74, 6) is 0.535. The van der Waals surface area contributed by atoms with E-state index in [1.807, 2.05) is 20.8 Å². The van der Waals surface area contributed by atoms with Gasteiger partial charge in [0.2, 0.25) is 0 Å². The van der Waals surface area contributed by atoms with Crippen LogP contribution >= 0.6 is 0 Å². The lowest BCUT2D eigenvalue weighted by atomic mass is 9.96. The first kappa shape index (κ1) is 19.3. The summed E-state index contributed by atoms with van der Waals surface area (Å²) >= 11 is 0.